The summed E-state index contributed by atoms with van der Waals surface area (Å²) in [5, 5.41) is 11.6. The van der Waals surface area contributed by atoms with E-state index in [9.17, 15) is 9.59 Å². The number of ether oxygens (including phenoxy) is 1. The first-order valence-electron chi connectivity index (χ1n) is 13.4. The fourth-order valence-electron chi connectivity index (χ4n) is 5.31. The van der Waals surface area contributed by atoms with Crippen molar-refractivity contribution in [2.24, 2.45) is 0 Å². The third-order valence-corrected chi connectivity index (χ3v) is 7.02. The summed E-state index contributed by atoms with van der Waals surface area (Å²) in [4.78, 5) is 30.1. The molecule has 1 atom stereocenters. The predicted molar refractivity (Wildman–Crippen MR) is 152 cm³/mol. The lowest BCUT2D eigenvalue weighted by Gasteiger charge is -2.36. The van der Waals surface area contributed by atoms with Crippen molar-refractivity contribution < 1.29 is 14.3 Å². The predicted octanol–water partition coefficient (Wildman–Crippen LogP) is 5.01. The molecule has 0 aliphatic heterocycles. The molecule has 4 aromatic rings. The van der Waals surface area contributed by atoms with Crippen LogP contribution in [0, 0.1) is 0 Å². The number of nitrogens with zero attached hydrogens (tertiary/aromatic N) is 4. The van der Waals surface area contributed by atoms with Crippen molar-refractivity contribution in [3.05, 3.63) is 83.4 Å². The number of anilines is 1. The van der Waals surface area contributed by atoms with Gasteiger partial charge in [-0.3, -0.25) is 14.5 Å². The van der Waals surface area contributed by atoms with Crippen molar-refractivity contribution in [1.29, 1.82) is 0 Å². The third kappa shape index (κ3) is 5.65. The van der Waals surface area contributed by atoms with E-state index in [4.69, 9.17) is 4.74 Å². The maximum atomic E-state index is 14.4. The van der Waals surface area contributed by atoms with Crippen LogP contribution in [0.2, 0.25) is 0 Å². The Kier molecular flexibility index (Phi) is 7.37. The van der Waals surface area contributed by atoms with Gasteiger partial charge in [-0.2, -0.15) is 0 Å². The molecule has 5 rings (SSSR count). The van der Waals surface area contributed by atoms with Crippen molar-refractivity contribution >= 4 is 28.5 Å². The SMILES string of the molecule is COc1cccc([C@H](C(=O)NC(C)(C)C)N(C(=O)Cn2nnc3ccccc32)c2cccc3c2CCCC3)c1. The highest BCUT2D eigenvalue weighted by molar-refractivity contribution is 6.02. The maximum absolute atomic E-state index is 14.4. The molecule has 2 amide bonds. The zero-order valence-corrected chi connectivity index (χ0v) is 23.0. The molecule has 202 valence electrons. The van der Waals surface area contributed by atoms with E-state index in [1.165, 1.54) is 5.56 Å². The quantitative estimate of drug-likeness (QED) is 0.367. The molecule has 0 bridgehead atoms. The smallest absolute Gasteiger partial charge is 0.249 e. The van der Waals surface area contributed by atoms with Gasteiger partial charge in [-0.05, 0) is 93.5 Å². The van der Waals surface area contributed by atoms with Crippen LogP contribution < -0.4 is 15.0 Å². The van der Waals surface area contributed by atoms with E-state index < -0.39 is 11.6 Å². The average molecular weight is 526 g/mol. The Labute approximate surface area is 229 Å². The standard InChI is InChI=1S/C31H35N5O3/c1-31(2,3)32-30(38)29(22-13-9-14-23(19-22)39-4)36(26-18-10-12-21-11-5-6-15-24(21)26)28(37)20-35-27-17-8-7-16-25(27)33-34-35/h7-10,12-14,16-19,29H,5-6,11,15,20H2,1-4H3,(H,32,38)/t29-/m1/s1. The molecule has 8 nitrogen and oxygen atoms in total. The highest BCUT2D eigenvalue weighted by atomic mass is 16.5. The number of aromatic nitrogens is 3. The lowest BCUT2D eigenvalue weighted by Crippen LogP contribution is -2.50. The summed E-state index contributed by atoms with van der Waals surface area (Å²) in [7, 11) is 1.59. The van der Waals surface area contributed by atoms with Crippen molar-refractivity contribution in [3.63, 3.8) is 0 Å². The molecule has 1 heterocycles. The van der Waals surface area contributed by atoms with E-state index in [-0.39, 0.29) is 18.4 Å². The van der Waals surface area contributed by atoms with E-state index in [1.54, 1.807) is 16.7 Å². The maximum Gasteiger partial charge on any atom is 0.249 e. The minimum atomic E-state index is -0.921. The fraction of sp³-hybridized carbons (Fsp3) is 0.355. The second-order valence-corrected chi connectivity index (χ2v) is 11.0. The topological polar surface area (TPSA) is 89.4 Å². The Balaban J connectivity index is 1.67. The van der Waals surface area contributed by atoms with Gasteiger partial charge in [0, 0.05) is 11.2 Å². The summed E-state index contributed by atoms with van der Waals surface area (Å²) in [6.45, 7) is 5.75. The van der Waals surface area contributed by atoms with E-state index >= 15 is 0 Å². The summed E-state index contributed by atoms with van der Waals surface area (Å²) in [5.41, 5.74) is 4.75. The molecule has 0 radical (unpaired) electrons. The first kappa shape index (κ1) is 26.4. The minimum absolute atomic E-state index is 0.0621. The Morgan fingerprint density at radius 3 is 2.59 bits per heavy atom. The molecule has 1 aliphatic rings. The molecule has 0 unspecified atom stereocenters. The molecule has 0 fully saturated rings. The average Bonchev–Trinajstić information content (AvgIpc) is 3.33. The third-order valence-electron chi connectivity index (χ3n) is 7.02. The number of benzene rings is 3. The normalized spacial score (nSPS) is 13.9. The molecule has 3 aromatic carbocycles. The van der Waals surface area contributed by atoms with E-state index in [0.29, 0.717) is 16.8 Å². The summed E-state index contributed by atoms with van der Waals surface area (Å²) in [5.74, 6) is 0.105. The van der Waals surface area contributed by atoms with Gasteiger partial charge < -0.3 is 10.1 Å². The molecular weight excluding hydrogens is 490 g/mol. The number of nitrogens with one attached hydrogen (secondary N) is 1. The first-order chi connectivity index (χ1) is 18.7. The lowest BCUT2D eigenvalue weighted by atomic mass is 9.89. The highest BCUT2D eigenvalue weighted by Crippen LogP contribution is 2.37. The van der Waals surface area contributed by atoms with Crippen LogP contribution in [0.5, 0.6) is 5.75 Å². The van der Waals surface area contributed by atoms with Gasteiger partial charge in [0.25, 0.3) is 0 Å². The number of methoxy groups -OCH3 is 1. The van der Waals surface area contributed by atoms with Crippen molar-refractivity contribution in [1.82, 2.24) is 20.3 Å². The number of carbonyl (C=O) groups is 2. The second-order valence-electron chi connectivity index (χ2n) is 11.0. The van der Waals surface area contributed by atoms with Gasteiger partial charge in [0.15, 0.2) is 0 Å². The fourth-order valence-corrected chi connectivity index (χ4v) is 5.31. The minimum Gasteiger partial charge on any atom is -0.497 e. The van der Waals surface area contributed by atoms with Crippen molar-refractivity contribution in [2.75, 3.05) is 12.0 Å². The van der Waals surface area contributed by atoms with Crippen LogP contribution in [0.15, 0.2) is 66.7 Å². The van der Waals surface area contributed by atoms with Crippen molar-refractivity contribution in [3.8, 4) is 5.75 Å². The van der Waals surface area contributed by atoms with Crippen LogP contribution in [-0.2, 0) is 29.0 Å². The van der Waals surface area contributed by atoms with Crippen molar-refractivity contribution in [2.45, 2.75) is 64.6 Å². The molecule has 0 saturated heterocycles. The summed E-state index contributed by atoms with van der Waals surface area (Å²) < 4.78 is 7.10. The van der Waals surface area contributed by atoms with E-state index in [1.807, 2.05) is 81.4 Å². The van der Waals surface area contributed by atoms with Crippen LogP contribution in [0.4, 0.5) is 5.69 Å². The number of hydrogen-bond acceptors (Lipinski definition) is 5. The van der Waals surface area contributed by atoms with Crippen LogP contribution in [0.3, 0.4) is 0 Å². The Bertz CT molecular complexity index is 1500. The number of fused-ring (bicyclic) bond motifs is 2. The van der Waals surface area contributed by atoms with Gasteiger partial charge in [0.1, 0.15) is 23.9 Å². The van der Waals surface area contributed by atoms with Crippen LogP contribution in [-0.4, -0.2) is 39.5 Å². The molecule has 1 N–H and O–H groups in total. The van der Waals surface area contributed by atoms with Gasteiger partial charge in [-0.1, -0.05) is 41.6 Å². The zero-order valence-electron chi connectivity index (χ0n) is 23.0. The van der Waals surface area contributed by atoms with Crippen LogP contribution in [0.25, 0.3) is 11.0 Å². The zero-order chi connectivity index (χ0) is 27.6. The number of rotatable bonds is 7. The lowest BCUT2D eigenvalue weighted by molar-refractivity contribution is -0.128. The van der Waals surface area contributed by atoms with Crippen LogP contribution in [0.1, 0.15) is 56.3 Å². The summed E-state index contributed by atoms with van der Waals surface area (Å²) in [6, 6.07) is 20.1. The molecule has 8 heteroatoms. The van der Waals surface area contributed by atoms with E-state index in [0.717, 1.165) is 42.5 Å². The Hall–Kier alpha value is -4.20. The highest BCUT2D eigenvalue weighted by Gasteiger charge is 2.36. The van der Waals surface area contributed by atoms with Gasteiger partial charge in [-0.25, -0.2) is 4.68 Å². The largest absolute Gasteiger partial charge is 0.497 e. The molecule has 1 aromatic heterocycles. The first-order valence-corrected chi connectivity index (χ1v) is 13.4. The molecular formula is C31H35N5O3. The number of aryl methyl sites for hydroxylation is 1. The monoisotopic (exact) mass is 525 g/mol. The molecule has 1 aliphatic carbocycles. The Morgan fingerprint density at radius 2 is 1.79 bits per heavy atom. The molecule has 39 heavy (non-hydrogen) atoms. The van der Waals surface area contributed by atoms with Crippen LogP contribution >= 0.6 is 0 Å². The summed E-state index contributed by atoms with van der Waals surface area (Å²) >= 11 is 0. The number of amides is 2. The molecule has 0 saturated carbocycles. The Morgan fingerprint density at radius 1 is 1.03 bits per heavy atom. The van der Waals surface area contributed by atoms with Gasteiger partial charge in [0.2, 0.25) is 11.8 Å². The summed E-state index contributed by atoms with van der Waals surface area (Å²) in [6.07, 6.45) is 3.96. The van der Waals surface area contributed by atoms with Gasteiger partial charge in [-0.15, -0.1) is 5.10 Å². The number of carbonyl (C=O) groups excluding carboxylic acids is 2. The molecule has 0 spiro atoms. The van der Waals surface area contributed by atoms with Gasteiger partial charge >= 0.3 is 0 Å². The van der Waals surface area contributed by atoms with Gasteiger partial charge in [0.05, 0.1) is 12.6 Å². The number of para-hydroxylation sites is 1. The second kappa shape index (κ2) is 10.9. The van der Waals surface area contributed by atoms with E-state index in [2.05, 4.69) is 21.7 Å². The number of hydrogen-bond donors (Lipinski definition) is 1.